The van der Waals surface area contributed by atoms with Crippen LogP contribution < -0.4 is 10.1 Å². The van der Waals surface area contributed by atoms with Crippen molar-refractivity contribution in [1.29, 1.82) is 0 Å². The van der Waals surface area contributed by atoms with E-state index >= 15 is 0 Å². The minimum absolute atomic E-state index is 0.204. The van der Waals surface area contributed by atoms with E-state index in [9.17, 15) is 0 Å². The molecule has 3 atom stereocenters. The number of benzene rings is 1. The molecule has 2 aliphatic rings. The summed E-state index contributed by atoms with van der Waals surface area (Å²) in [6, 6.07) is 4.44. The van der Waals surface area contributed by atoms with E-state index in [-0.39, 0.29) is 11.8 Å². The maximum Gasteiger partial charge on any atom is 0.186 e. The molecule has 1 fully saturated rings. The van der Waals surface area contributed by atoms with Gasteiger partial charge < -0.3 is 15.0 Å². The van der Waals surface area contributed by atoms with Gasteiger partial charge >= 0.3 is 0 Å². The van der Waals surface area contributed by atoms with Crippen molar-refractivity contribution in [2.75, 3.05) is 6.54 Å². The van der Waals surface area contributed by atoms with Crippen LogP contribution in [0.5, 0.6) is 5.75 Å². The van der Waals surface area contributed by atoms with Crippen LogP contribution in [0.3, 0.4) is 0 Å². The van der Waals surface area contributed by atoms with Gasteiger partial charge in [0.05, 0.1) is 6.04 Å². The number of rotatable bonds is 1. The molecule has 0 aromatic heterocycles. The molecule has 1 aromatic rings. The van der Waals surface area contributed by atoms with E-state index in [0.717, 1.165) is 27.4 Å². The smallest absolute Gasteiger partial charge is 0.186 e. The van der Waals surface area contributed by atoms with Gasteiger partial charge in [-0.3, -0.25) is 0 Å². The molecule has 3 rings (SSSR count). The number of hydrogen-bond acceptors (Lipinski definition) is 2. The van der Waals surface area contributed by atoms with Gasteiger partial charge in [0, 0.05) is 22.5 Å². The summed E-state index contributed by atoms with van der Waals surface area (Å²) in [6.45, 7) is 9.41. The zero-order chi connectivity index (χ0) is 14.7. The fourth-order valence-electron chi connectivity index (χ4n) is 3.38. The van der Waals surface area contributed by atoms with Crippen LogP contribution in [0.25, 0.3) is 0 Å². The molecule has 3 unspecified atom stereocenters. The third kappa shape index (κ3) is 1.79. The maximum absolute atomic E-state index is 6.44. The van der Waals surface area contributed by atoms with Gasteiger partial charge in [0.2, 0.25) is 0 Å². The molecular weight excluding hydrogens is 336 g/mol. The Morgan fingerprint density at radius 2 is 2.20 bits per heavy atom. The third-order valence-corrected chi connectivity index (χ3v) is 5.43. The van der Waals surface area contributed by atoms with Crippen molar-refractivity contribution in [3.63, 3.8) is 0 Å². The fraction of sp³-hybridized carbons (Fsp3) is 0.533. The maximum atomic E-state index is 6.44. The number of fused-ring (bicyclic) bond motifs is 4. The summed E-state index contributed by atoms with van der Waals surface area (Å²) >= 11 is 9.10. The Bertz CT molecular complexity index is 591. The first-order valence-electron chi connectivity index (χ1n) is 6.95. The Kier molecular flexibility index (Phi) is 3.25. The lowest BCUT2D eigenvalue weighted by molar-refractivity contribution is -0.109. The second kappa shape index (κ2) is 4.60. The normalized spacial score (nSPS) is 31.4. The molecule has 5 heteroatoms. The molecule has 0 radical (unpaired) electrons. The number of aryl methyl sites for hydroxylation is 1. The van der Waals surface area contributed by atoms with Crippen LogP contribution in [-0.4, -0.2) is 22.3 Å². The summed E-state index contributed by atoms with van der Waals surface area (Å²) in [4.78, 5) is 2.15. The molecule has 3 nitrogen and oxygen atoms in total. The monoisotopic (exact) mass is 354 g/mol. The minimum Gasteiger partial charge on any atom is -0.467 e. The summed E-state index contributed by atoms with van der Waals surface area (Å²) in [5.74, 6) is 1.31. The fourth-order valence-corrected chi connectivity index (χ4v) is 4.41. The SMILES string of the molecule is CCN1C(=S)NC2c3cc(Br)cc(C)c3OC1(C)C2C. The molecular formula is C15H19BrN2OS. The van der Waals surface area contributed by atoms with Gasteiger partial charge in [-0.2, -0.15) is 0 Å². The second-order valence-electron chi connectivity index (χ2n) is 5.76. The molecule has 0 spiro atoms. The molecule has 0 saturated carbocycles. The van der Waals surface area contributed by atoms with E-state index in [1.807, 2.05) is 0 Å². The average molecular weight is 355 g/mol. The van der Waals surface area contributed by atoms with Gasteiger partial charge in [0.25, 0.3) is 0 Å². The highest BCUT2D eigenvalue weighted by molar-refractivity contribution is 9.10. The van der Waals surface area contributed by atoms with Crippen LogP contribution >= 0.6 is 28.1 Å². The van der Waals surface area contributed by atoms with Crippen molar-refractivity contribution in [2.24, 2.45) is 5.92 Å². The Hall–Kier alpha value is -0.810. The van der Waals surface area contributed by atoms with Crippen LogP contribution in [0, 0.1) is 12.8 Å². The van der Waals surface area contributed by atoms with Crippen molar-refractivity contribution in [1.82, 2.24) is 10.2 Å². The van der Waals surface area contributed by atoms with Gasteiger partial charge in [-0.25, -0.2) is 0 Å². The molecule has 108 valence electrons. The molecule has 0 aliphatic carbocycles. The highest BCUT2D eigenvalue weighted by Crippen LogP contribution is 2.49. The highest BCUT2D eigenvalue weighted by atomic mass is 79.9. The molecule has 0 amide bonds. The van der Waals surface area contributed by atoms with Gasteiger partial charge in [-0.05, 0) is 50.7 Å². The van der Waals surface area contributed by atoms with Crippen LogP contribution in [0.4, 0.5) is 0 Å². The van der Waals surface area contributed by atoms with Crippen LogP contribution in [-0.2, 0) is 0 Å². The van der Waals surface area contributed by atoms with Gasteiger partial charge in [0.15, 0.2) is 10.8 Å². The number of halogens is 1. The van der Waals surface area contributed by atoms with E-state index in [2.05, 4.69) is 66.0 Å². The topological polar surface area (TPSA) is 24.5 Å². The van der Waals surface area contributed by atoms with Gasteiger partial charge in [-0.15, -0.1) is 0 Å². The lowest BCUT2D eigenvalue weighted by Gasteiger charge is -2.56. The largest absolute Gasteiger partial charge is 0.467 e. The molecule has 20 heavy (non-hydrogen) atoms. The first-order chi connectivity index (χ1) is 9.38. The Morgan fingerprint density at radius 3 is 2.85 bits per heavy atom. The van der Waals surface area contributed by atoms with Crippen molar-refractivity contribution < 1.29 is 4.74 Å². The zero-order valence-corrected chi connectivity index (χ0v) is 14.6. The summed E-state index contributed by atoms with van der Waals surface area (Å²) in [5, 5.41) is 4.27. The van der Waals surface area contributed by atoms with Gasteiger partial charge in [0.1, 0.15) is 5.75 Å². The van der Waals surface area contributed by atoms with Crippen LogP contribution in [0.1, 0.15) is 37.9 Å². The van der Waals surface area contributed by atoms with E-state index in [1.54, 1.807) is 0 Å². The van der Waals surface area contributed by atoms with Crippen LogP contribution in [0.2, 0.25) is 0 Å². The predicted octanol–water partition coefficient (Wildman–Crippen LogP) is 3.75. The number of thiocarbonyl (C=S) groups is 1. The quantitative estimate of drug-likeness (QED) is 0.776. The molecule has 1 N–H and O–H groups in total. The zero-order valence-electron chi connectivity index (χ0n) is 12.2. The molecule has 2 bridgehead atoms. The third-order valence-electron chi connectivity index (χ3n) is 4.63. The number of hydrogen-bond donors (Lipinski definition) is 1. The Labute approximate surface area is 133 Å². The number of nitrogens with one attached hydrogen (secondary N) is 1. The summed E-state index contributed by atoms with van der Waals surface area (Å²) in [6.07, 6.45) is 0. The molecule has 1 saturated heterocycles. The van der Waals surface area contributed by atoms with Crippen molar-refractivity contribution in [2.45, 2.75) is 39.5 Å². The van der Waals surface area contributed by atoms with E-state index in [1.165, 1.54) is 5.56 Å². The summed E-state index contributed by atoms with van der Waals surface area (Å²) in [5.41, 5.74) is 1.97. The van der Waals surface area contributed by atoms with E-state index in [4.69, 9.17) is 17.0 Å². The second-order valence-corrected chi connectivity index (χ2v) is 7.06. The molecule has 2 aliphatic heterocycles. The Balaban J connectivity index is 2.19. The van der Waals surface area contributed by atoms with Crippen molar-refractivity contribution in [3.05, 3.63) is 27.7 Å². The number of ether oxygens (including phenoxy) is 1. The minimum atomic E-state index is -0.382. The molecule has 2 heterocycles. The van der Waals surface area contributed by atoms with Gasteiger partial charge in [-0.1, -0.05) is 22.9 Å². The van der Waals surface area contributed by atoms with Crippen molar-refractivity contribution in [3.8, 4) is 5.75 Å². The van der Waals surface area contributed by atoms with Crippen molar-refractivity contribution >= 4 is 33.3 Å². The summed E-state index contributed by atoms with van der Waals surface area (Å²) < 4.78 is 7.52. The first kappa shape index (κ1) is 14.1. The standard InChI is InChI=1S/C15H19BrN2OS/c1-5-18-14(20)17-12-9(3)15(18,4)19-13-8(2)6-10(16)7-11(12)13/h6-7,9,12H,5H2,1-4H3,(H,17,20). The lowest BCUT2D eigenvalue weighted by Crippen LogP contribution is -2.68. The van der Waals surface area contributed by atoms with E-state index < -0.39 is 0 Å². The highest BCUT2D eigenvalue weighted by Gasteiger charge is 2.53. The predicted molar refractivity (Wildman–Crippen MR) is 87.9 cm³/mol. The van der Waals surface area contributed by atoms with Crippen LogP contribution in [0.15, 0.2) is 16.6 Å². The lowest BCUT2D eigenvalue weighted by atomic mass is 9.80. The average Bonchev–Trinajstić information content (AvgIpc) is 2.36. The Morgan fingerprint density at radius 1 is 1.50 bits per heavy atom. The molecule has 1 aromatic carbocycles. The summed E-state index contributed by atoms with van der Waals surface area (Å²) in [7, 11) is 0. The first-order valence-corrected chi connectivity index (χ1v) is 8.15. The van der Waals surface area contributed by atoms with E-state index in [0.29, 0.717) is 5.92 Å². The number of nitrogens with zero attached hydrogens (tertiary/aromatic N) is 1.